The van der Waals surface area contributed by atoms with Gasteiger partial charge in [0.1, 0.15) is 0 Å². The van der Waals surface area contributed by atoms with Crippen LogP contribution in [0.15, 0.2) is 47.5 Å². The normalized spacial score (nSPS) is 15.9. The number of fused-ring (bicyclic) bond motifs is 2. The molecule has 144 valence electrons. The maximum atomic E-state index is 2.38. The first kappa shape index (κ1) is 19.2. The fourth-order valence-electron chi connectivity index (χ4n) is 5.01. The van der Waals surface area contributed by atoms with E-state index in [-0.39, 0.29) is 0 Å². The van der Waals surface area contributed by atoms with E-state index in [9.17, 15) is 0 Å². The predicted molar refractivity (Wildman–Crippen MR) is 122 cm³/mol. The minimum absolute atomic E-state index is 0.554. The zero-order valence-corrected chi connectivity index (χ0v) is 18.2. The van der Waals surface area contributed by atoms with Crippen molar-refractivity contribution in [2.75, 3.05) is 0 Å². The largest absolute Gasteiger partial charge is 0.0616 e. The van der Waals surface area contributed by atoms with Gasteiger partial charge in [-0.25, -0.2) is 0 Å². The Morgan fingerprint density at radius 1 is 0.607 bits per heavy atom. The molecule has 0 spiro atoms. The molecule has 2 aliphatic carbocycles. The van der Waals surface area contributed by atoms with Crippen LogP contribution in [0.2, 0.25) is 0 Å². The van der Waals surface area contributed by atoms with Crippen molar-refractivity contribution in [3.8, 4) is 0 Å². The molecule has 0 bridgehead atoms. The van der Waals surface area contributed by atoms with Crippen molar-refractivity contribution in [3.05, 3.63) is 93.8 Å². The Balaban J connectivity index is 1.67. The predicted octanol–water partition coefficient (Wildman–Crippen LogP) is 8.09. The molecule has 2 radical (unpaired) electrons. The standard InChI is InChI=1S/C28H32/c1-17(2)23-11-7-9-21-15-19(5)25(27(21)23)13-14-26-20(6)16-22-10-8-12-24(18(3)4)28(22)26/h7-12,15-18H,13-14H2,1-6H3. The van der Waals surface area contributed by atoms with E-state index in [1.54, 1.807) is 11.1 Å². The molecule has 0 saturated carbocycles. The molecule has 0 fully saturated rings. The third-order valence-electron chi connectivity index (χ3n) is 6.43. The molecule has 0 amide bonds. The molecule has 0 N–H and O–H groups in total. The summed E-state index contributed by atoms with van der Waals surface area (Å²) in [5.41, 5.74) is 14.8. The Bertz CT molecular complexity index is 898. The molecule has 4 rings (SSSR count). The zero-order valence-electron chi connectivity index (χ0n) is 18.2. The van der Waals surface area contributed by atoms with Gasteiger partial charge in [0.2, 0.25) is 0 Å². The monoisotopic (exact) mass is 368 g/mol. The van der Waals surface area contributed by atoms with Crippen molar-refractivity contribution >= 4 is 11.1 Å². The van der Waals surface area contributed by atoms with E-state index in [4.69, 9.17) is 0 Å². The maximum absolute atomic E-state index is 2.38. The van der Waals surface area contributed by atoms with Crippen LogP contribution in [0.3, 0.4) is 0 Å². The van der Waals surface area contributed by atoms with Gasteiger partial charge >= 0.3 is 0 Å². The van der Waals surface area contributed by atoms with E-state index in [1.165, 1.54) is 44.5 Å². The summed E-state index contributed by atoms with van der Waals surface area (Å²) in [5.74, 6) is 1.11. The smallest absolute Gasteiger partial charge is 0.0164 e. The summed E-state index contributed by atoms with van der Waals surface area (Å²) in [6.45, 7) is 13.8. The van der Waals surface area contributed by atoms with Crippen molar-refractivity contribution in [2.24, 2.45) is 0 Å². The number of allylic oxidation sites excluding steroid dienone is 4. The lowest BCUT2D eigenvalue weighted by Crippen LogP contribution is -1.99. The van der Waals surface area contributed by atoms with Crippen molar-refractivity contribution in [3.63, 3.8) is 0 Å². The molecular weight excluding hydrogens is 336 g/mol. The lowest BCUT2D eigenvalue weighted by molar-refractivity contribution is 0.857. The maximum Gasteiger partial charge on any atom is 0.0164 e. The van der Waals surface area contributed by atoms with Crippen LogP contribution in [0.1, 0.15) is 99.6 Å². The molecule has 0 saturated heterocycles. The molecule has 2 aromatic carbocycles. The summed E-state index contributed by atoms with van der Waals surface area (Å²) in [7, 11) is 0. The SMILES string of the molecule is CC1=C(CCC2=C(C)[CH]c3cccc(C(C)C)c32)c2c(cccc2C(C)C)[CH]1. The van der Waals surface area contributed by atoms with Crippen LogP contribution in [-0.2, 0) is 0 Å². The summed E-state index contributed by atoms with van der Waals surface area (Å²) >= 11 is 0. The van der Waals surface area contributed by atoms with Gasteiger partial charge in [-0.1, -0.05) is 75.2 Å². The molecule has 0 heteroatoms. The highest BCUT2D eigenvalue weighted by Gasteiger charge is 2.26. The fourth-order valence-corrected chi connectivity index (χ4v) is 5.01. The molecule has 2 aromatic rings. The number of rotatable bonds is 5. The molecule has 28 heavy (non-hydrogen) atoms. The van der Waals surface area contributed by atoms with Crippen molar-refractivity contribution in [2.45, 2.75) is 66.2 Å². The Labute approximate surface area is 171 Å². The third-order valence-corrected chi connectivity index (χ3v) is 6.43. The van der Waals surface area contributed by atoms with Crippen molar-refractivity contribution < 1.29 is 0 Å². The summed E-state index contributed by atoms with van der Waals surface area (Å²) < 4.78 is 0. The van der Waals surface area contributed by atoms with Gasteiger partial charge in [-0.05, 0) is 83.1 Å². The molecule has 0 atom stereocenters. The molecular formula is C28H32. The van der Waals surface area contributed by atoms with E-state index >= 15 is 0 Å². The first-order valence-corrected chi connectivity index (χ1v) is 10.7. The van der Waals surface area contributed by atoms with Crippen LogP contribution >= 0.6 is 0 Å². The minimum atomic E-state index is 0.554. The van der Waals surface area contributed by atoms with Crippen LogP contribution in [-0.4, -0.2) is 0 Å². The van der Waals surface area contributed by atoms with Crippen LogP contribution in [0.25, 0.3) is 11.1 Å². The van der Waals surface area contributed by atoms with E-state index in [1.807, 2.05) is 0 Å². The van der Waals surface area contributed by atoms with E-state index in [0.29, 0.717) is 11.8 Å². The molecule has 0 nitrogen and oxygen atoms in total. The third kappa shape index (κ3) is 3.17. The van der Waals surface area contributed by atoms with Gasteiger partial charge in [0.05, 0.1) is 0 Å². The molecule has 0 aromatic heterocycles. The molecule has 2 aliphatic rings. The topological polar surface area (TPSA) is 0 Å². The second-order valence-electron chi connectivity index (χ2n) is 9.04. The van der Waals surface area contributed by atoms with Gasteiger partial charge in [-0.15, -0.1) is 0 Å². The average Bonchev–Trinajstić information content (AvgIpc) is 3.14. The lowest BCUT2D eigenvalue weighted by atomic mass is 9.86. The Morgan fingerprint density at radius 2 is 1.00 bits per heavy atom. The Hall–Kier alpha value is -2.08. The highest BCUT2D eigenvalue weighted by Crippen LogP contribution is 2.45. The first-order chi connectivity index (χ1) is 13.4. The average molecular weight is 369 g/mol. The van der Waals surface area contributed by atoms with Crippen LogP contribution < -0.4 is 0 Å². The van der Waals surface area contributed by atoms with E-state index in [2.05, 4.69) is 90.8 Å². The summed E-state index contributed by atoms with van der Waals surface area (Å²) in [6, 6.07) is 13.6. The summed E-state index contributed by atoms with van der Waals surface area (Å²) in [6.07, 6.45) is 7.00. The first-order valence-electron chi connectivity index (χ1n) is 10.7. The number of hydrogen-bond donors (Lipinski definition) is 0. The highest BCUT2D eigenvalue weighted by atomic mass is 14.3. The Morgan fingerprint density at radius 3 is 1.36 bits per heavy atom. The van der Waals surface area contributed by atoms with Gasteiger partial charge in [0.15, 0.2) is 0 Å². The minimum Gasteiger partial charge on any atom is -0.0616 e. The molecule has 0 heterocycles. The fraction of sp³-hybridized carbons (Fsp3) is 0.357. The van der Waals surface area contributed by atoms with Gasteiger partial charge in [0.25, 0.3) is 0 Å². The van der Waals surface area contributed by atoms with Crippen molar-refractivity contribution in [1.82, 2.24) is 0 Å². The van der Waals surface area contributed by atoms with Gasteiger partial charge in [-0.3, -0.25) is 0 Å². The van der Waals surface area contributed by atoms with Crippen LogP contribution in [0, 0.1) is 12.8 Å². The van der Waals surface area contributed by atoms with Gasteiger partial charge in [-0.2, -0.15) is 0 Å². The lowest BCUT2D eigenvalue weighted by Gasteiger charge is -2.18. The quantitative estimate of drug-likeness (QED) is 0.500. The van der Waals surface area contributed by atoms with Crippen LogP contribution in [0.4, 0.5) is 0 Å². The molecule has 0 aliphatic heterocycles. The second-order valence-corrected chi connectivity index (χ2v) is 9.04. The highest BCUT2D eigenvalue weighted by molar-refractivity contribution is 5.86. The number of benzene rings is 2. The van der Waals surface area contributed by atoms with E-state index < -0.39 is 0 Å². The summed E-state index contributed by atoms with van der Waals surface area (Å²) in [4.78, 5) is 0. The number of hydrogen-bond acceptors (Lipinski definition) is 0. The zero-order chi connectivity index (χ0) is 20.0. The van der Waals surface area contributed by atoms with Gasteiger partial charge < -0.3 is 0 Å². The van der Waals surface area contributed by atoms with Gasteiger partial charge in [0, 0.05) is 12.8 Å². The summed E-state index contributed by atoms with van der Waals surface area (Å²) in [5, 5.41) is 0. The molecule has 0 unspecified atom stereocenters. The van der Waals surface area contributed by atoms with Crippen molar-refractivity contribution in [1.29, 1.82) is 0 Å². The van der Waals surface area contributed by atoms with E-state index in [0.717, 1.165) is 12.8 Å². The second kappa shape index (κ2) is 7.39. The van der Waals surface area contributed by atoms with Crippen LogP contribution in [0.5, 0.6) is 0 Å². The Kier molecular flexibility index (Phi) is 5.08.